The number of rotatable bonds is 5. The third-order valence-corrected chi connectivity index (χ3v) is 2.45. The van der Waals surface area contributed by atoms with Gasteiger partial charge in [0, 0.05) is 6.42 Å². The molecule has 0 radical (unpaired) electrons. The lowest BCUT2D eigenvalue weighted by Gasteiger charge is -2.12. The molecule has 4 nitrogen and oxygen atoms in total. The summed E-state index contributed by atoms with van der Waals surface area (Å²) in [6, 6.07) is 1.51. The molecule has 0 bridgehead atoms. The molecule has 0 aliphatic carbocycles. The van der Waals surface area contributed by atoms with E-state index in [1.807, 2.05) is 0 Å². The smallest absolute Gasteiger partial charge is 0.182 e. The molecule has 0 spiro atoms. The Kier molecular flexibility index (Phi) is 4.79. The first-order valence-corrected chi connectivity index (χ1v) is 4.94. The molecule has 0 unspecified atom stereocenters. The van der Waals surface area contributed by atoms with Crippen molar-refractivity contribution in [3.63, 3.8) is 0 Å². The van der Waals surface area contributed by atoms with Crippen molar-refractivity contribution in [3.8, 4) is 11.5 Å². The van der Waals surface area contributed by atoms with Crippen LogP contribution < -0.4 is 15.4 Å². The first kappa shape index (κ1) is 13.0. The number of halogens is 2. The maximum absolute atomic E-state index is 13.7. The Morgan fingerprint density at radius 1 is 1.38 bits per heavy atom. The van der Waals surface area contributed by atoms with Crippen molar-refractivity contribution < 1.29 is 18.7 Å². The van der Waals surface area contributed by atoms with Crippen LogP contribution in [0.2, 0.25) is 5.02 Å². The molecule has 2 N–H and O–H groups in total. The highest BCUT2D eigenvalue weighted by atomic mass is 35.5. The van der Waals surface area contributed by atoms with E-state index in [1.165, 1.54) is 20.3 Å². The van der Waals surface area contributed by atoms with E-state index in [4.69, 9.17) is 27.0 Å². The third kappa shape index (κ3) is 2.55. The zero-order valence-corrected chi connectivity index (χ0v) is 9.81. The summed E-state index contributed by atoms with van der Waals surface area (Å²) in [6.45, 7) is 0.197. The highest BCUT2D eigenvalue weighted by Gasteiger charge is 2.17. The van der Waals surface area contributed by atoms with Crippen LogP contribution in [0.5, 0.6) is 11.5 Å². The first-order chi connectivity index (χ1) is 7.65. The fourth-order valence-electron chi connectivity index (χ4n) is 1.33. The lowest BCUT2D eigenvalue weighted by Crippen LogP contribution is -2.06. The Balaban J connectivity index is 3.16. The molecule has 1 aromatic carbocycles. The number of nitrogens with two attached hydrogens (primary N) is 1. The number of hydrogen-bond acceptors (Lipinski definition) is 4. The molecular formula is C10H13ClFNO3. The summed E-state index contributed by atoms with van der Waals surface area (Å²) in [5.41, 5.74) is 0.369. The third-order valence-electron chi connectivity index (χ3n) is 2.12. The average Bonchev–Trinajstić information content (AvgIpc) is 2.30. The number of ether oxygens (including phenoxy) is 2. The van der Waals surface area contributed by atoms with Crippen LogP contribution in [0.15, 0.2) is 6.07 Å². The van der Waals surface area contributed by atoms with Crippen molar-refractivity contribution in [3.05, 3.63) is 22.5 Å². The van der Waals surface area contributed by atoms with Gasteiger partial charge in [0.05, 0.1) is 20.8 Å². The molecule has 0 aromatic heterocycles. The number of benzene rings is 1. The van der Waals surface area contributed by atoms with E-state index in [2.05, 4.69) is 4.84 Å². The Hall–Kier alpha value is -1.04. The van der Waals surface area contributed by atoms with Crippen molar-refractivity contribution >= 4 is 11.6 Å². The minimum Gasteiger partial charge on any atom is -0.493 e. The molecule has 0 fully saturated rings. The number of methoxy groups -OCH3 is 2. The SMILES string of the molecule is COc1cc(CCON)c(F)c(Cl)c1OC. The summed E-state index contributed by atoms with van der Waals surface area (Å²) in [6.07, 6.45) is 0.308. The van der Waals surface area contributed by atoms with Gasteiger partial charge in [-0.05, 0) is 11.6 Å². The molecule has 0 saturated carbocycles. The van der Waals surface area contributed by atoms with Crippen LogP contribution in [0.4, 0.5) is 4.39 Å². The standard InChI is InChI=1S/C10H13ClFNO3/c1-14-7-5-6(3-4-16-13)9(12)8(11)10(7)15-2/h5H,3-4,13H2,1-2H3. The van der Waals surface area contributed by atoms with Gasteiger partial charge < -0.3 is 14.3 Å². The van der Waals surface area contributed by atoms with Crippen LogP contribution in [-0.4, -0.2) is 20.8 Å². The van der Waals surface area contributed by atoms with Gasteiger partial charge in [0.1, 0.15) is 10.8 Å². The van der Waals surface area contributed by atoms with Crippen molar-refractivity contribution in [1.82, 2.24) is 0 Å². The van der Waals surface area contributed by atoms with Gasteiger partial charge in [0.25, 0.3) is 0 Å². The van der Waals surface area contributed by atoms with Crippen molar-refractivity contribution in [2.24, 2.45) is 5.90 Å². The van der Waals surface area contributed by atoms with Crippen molar-refractivity contribution in [2.45, 2.75) is 6.42 Å². The lowest BCUT2D eigenvalue weighted by molar-refractivity contribution is 0.140. The topological polar surface area (TPSA) is 53.7 Å². The minimum absolute atomic E-state index is 0.103. The van der Waals surface area contributed by atoms with E-state index in [0.717, 1.165) is 0 Å². The van der Waals surface area contributed by atoms with Gasteiger partial charge in [-0.1, -0.05) is 11.6 Å². The zero-order valence-electron chi connectivity index (χ0n) is 9.05. The van der Waals surface area contributed by atoms with Gasteiger partial charge in [-0.2, -0.15) is 0 Å². The Morgan fingerprint density at radius 2 is 2.06 bits per heavy atom. The molecule has 0 aliphatic heterocycles. The van der Waals surface area contributed by atoms with Gasteiger partial charge >= 0.3 is 0 Å². The van der Waals surface area contributed by atoms with E-state index < -0.39 is 5.82 Å². The normalized spacial score (nSPS) is 10.3. The Morgan fingerprint density at radius 3 is 2.56 bits per heavy atom. The molecule has 90 valence electrons. The fraction of sp³-hybridized carbons (Fsp3) is 0.400. The second-order valence-corrected chi connectivity index (χ2v) is 3.40. The van der Waals surface area contributed by atoms with Crippen LogP contribution in [0.1, 0.15) is 5.56 Å². The summed E-state index contributed by atoms with van der Waals surface area (Å²) in [5, 5.41) is -0.103. The summed E-state index contributed by atoms with van der Waals surface area (Å²) >= 11 is 5.81. The maximum atomic E-state index is 13.7. The summed E-state index contributed by atoms with van der Waals surface area (Å²) < 4.78 is 23.7. The van der Waals surface area contributed by atoms with Gasteiger partial charge in [0.15, 0.2) is 11.5 Å². The van der Waals surface area contributed by atoms with E-state index >= 15 is 0 Å². The quantitative estimate of drug-likeness (QED) is 0.811. The highest BCUT2D eigenvalue weighted by molar-refractivity contribution is 6.32. The summed E-state index contributed by atoms with van der Waals surface area (Å²) in [5.74, 6) is 4.89. The van der Waals surface area contributed by atoms with Crippen molar-refractivity contribution in [1.29, 1.82) is 0 Å². The Bertz CT molecular complexity index is 374. The van der Waals surface area contributed by atoms with E-state index in [1.54, 1.807) is 0 Å². The van der Waals surface area contributed by atoms with E-state index in [-0.39, 0.29) is 17.4 Å². The fourth-order valence-corrected chi connectivity index (χ4v) is 1.62. The lowest BCUT2D eigenvalue weighted by atomic mass is 10.1. The second kappa shape index (κ2) is 5.89. The summed E-state index contributed by atoms with van der Waals surface area (Å²) in [7, 11) is 2.85. The van der Waals surface area contributed by atoms with Crippen LogP contribution >= 0.6 is 11.6 Å². The molecule has 0 saturated heterocycles. The van der Waals surface area contributed by atoms with Gasteiger partial charge in [0.2, 0.25) is 0 Å². The highest BCUT2D eigenvalue weighted by Crippen LogP contribution is 2.38. The van der Waals surface area contributed by atoms with Crippen LogP contribution in [-0.2, 0) is 11.3 Å². The monoisotopic (exact) mass is 249 g/mol. The summed E-state index contributed by atoms with van der Waals surface area (Å²) in [4.78, 5) is 4.39. The average molecular weight is 250 g/mol. The Labute approximate surface area is 98.0 Å². The van der Waals surface area contributed by atoms with Gasteiger partial charge in [-0.15, -0.1) is 0 Å². The number of hydrogen-bond donors (Lipinski definition) is 1. The molecule has 16 heavy (non-hydrogen) atoms. The molecule has 0 heterocycles. The van der Waals surface area contributed by atoms with Crippen LogP contribution in [0.25, 0.3) is 0 Å². The second-order valence-electron chi connectivity index (χ2n) is 3.02. The molecule has 1 aromatic rings. The van der Waals surface area contributed by atoms with Crippen LogP contribution in [0, 0.1) is 5.82 Å². The van der Waals surface area contributed by atoms with Gasteiger partial charge in [-0.3, -0.25) is 0 Å². The van der Waals surface area contributed by atoms with E-state index in [9.17, 15) is 4.39 Å². The minimum atomic E-state index is -0.545. The predicted octanol–water partition coefficient (Wildman–Crippen LogP) is 1.93. The molecular weight excluding hydrogens is 237 g/mol. The maximum Gasteiger partial charge on any atom is 0.182 e. The molecule has 0 atom stereocenters. The molecule has 1 rings (SSSR count). The molecule has 0 aliphatic rings. The van der Waals surface area contributed by atoms with Gasteiger partial charge in [-0.25, -0.2) is 10.3 Å². The molecule has 6 heteroatoms. The predicted molar refractivity (Wildman–Crippen MR) is 58.4 cm³/mol. The van der Waals surface area contributed by atoms with Crippen molar-refractivity contribution in [2.75, 3.05) is 20.8 Å². The zero-order chi connectivity index (χ0) is 12.1. The van der Waals surface area contributed by atoms with E-state index in [0.29, 0.717) is 17.7 Å². The van der Waals surface area contributed by atoms with Crippen LogP contribution in [0.3, 0.4) is 0 Å². The molecule has 0 amide bonds. The largest absolute Gasteiger partial charge is 0.493 e. The first-order valence-electron chi connectivity index (χ1n) is 4.56.